The van der Waals surface area contributed by atoms with E-state index in [-0.39, 0.29) is 0 Å². The summed E-state index contributed by atoms with van der Waals surface area (Å²) in [6.45, 7) is 4.71. The van der Waals surface area contributed by atoms with Gasteiger partial charge in [-0.1, -0.05) is 12.1 Å². The van der Waals surface area contributed by atoms with Crippen LogP contribution in [0, 0.1) is 5.92 Å². The van der Waals surface area contributed by atoms with Crippen LogP contribution in [0.5, 0.6) is 5.75 Å². The zero-order valence-electron chi connectivity index (χ0n) is 10.8. The standard InChI is InChI=1S/C14H22N2O/c1-16(11-13-9-15-10-13)8-7-12-3-5-14(17-2)6-4-12/h3-6,13,15H,7-11H2,1-2H3. The topological polar surface area (TPSA) is 24.5 Å². The van der Waals surface area contributed by atoms with Crippen molar-refractivity contribution in [3.8, 4) is 5.75 Å². The Balaban J connectivity index is 1.72. The van der Waals surface area contributed by atoms with E-state index in [0.717, 1.165) is 24.6 Å². The minimum atomic E-state index is 0.857. The van der Waals surface area contributed by atoms with Gasteiger partial charge in [-0.3, -0.25) is 0 Å². The molecule has 1 aromatic carbocycles. The molecule has 1 N–H and O–H groups in total. The van der Waals surface area contributed by atoms with E-state index in [9.17, 15) is 0 Å². The minimum Gasteiger partial charge on any atom is -0.497 e. The zero-order chi connectivity index (χ0) is 12.1. The van der Waals surface area contributed by atoms with Crippen molar-refractivity contribution in [2.24, 2.45) is 5.92 Å². The van der Waals surface area contributed by atoms with Crippen LogP contribution in [0.2, 0.25) is 0 Å². The van der Waals surface area contributed by atoms with Gasteiger partial charge in [0.25, 0.3) is 0 Å². The Hall–Kier alpha value is -1.06. The number of nitrogens with zero attached hydrogens (tertiary/aromatic N) is 1. The van der Waals surface area contributed by atoms with Gasteiger partial charge < -0.3 is 15.0 Å². The lowest BCUT2D eigenvalue weighted by Gasteiger charge is -2.31. The molecule has 3 nitrogen and oxygen atoms in total. The quantitative estimate of drug-likeness (QED) is 0.805. The highest BCUT2D eigenvalue weighted by Crippen LogP contribution is 2.12. The summed E-state index contributed by atoms with van der Waals surface area (Å²) in [6.07, 6.45) is 1.11. The van der Waals surface area contributed by atoms with Crippen LogP contribution < -0.4 is 10.1 Å². The minimum absolute atomic E-state index is 0.857. The molecule has 0 atom stereocenters. The van der Waals surface area contributed by atoms with Gasteiger partial charge in [-0.25, -0.2) is 0 Å². The van der Waals surface area contributed by atoms with E-state index in [4.69, 9.17) is 4.74 Å². The number of rotatable bonds is 6. The summed E-state index contributed by atoms with van der Waals surface area (Å²) in [4.78, 5) is 2.43. The summed E-state index contributed by atoms with van der Waals surface area (Å²) >= 11 is 0. The van der Waals surface area contributed by atoms with Crippen LogP contribution in [0.15, 0.2) is 24.3 Å². The molecule has 1 aromatic rings. The van der Waals surface area contributed by atoms with E-state index in [1.54, 1.807) is 7.11 Å². The number of ether oxygens (including phenoxy) is 1. The lowest BCUT2D eigenvalue weighted by molar-refractivity contribution is 0.226. The molecule has 0 bridgehead atoms. The molecule has 1 aliphatic rings. The second kappa shape index (κ2) is 6.03. The fraction of sp³-hybridized carbons (Fsp3) is 0.571. The summed E-state index contributed by atoms with van der Waals surface area (Å²) in [5, 5.41) is 3.31. The van der Waals surface area contributed by atoms with Gasteiger partial charge in [-0.05, 0) is 37.1 Å². The van der Waals surface area contributed by atoms with Gasteiger partial charge >= 0.3 is 0 Å². The molecule has 1 aliphatic heterocycles. The van der Waals surface area contributed by atoms with Crippen molar-refractivity contribution in [2.75, 3.05) is 40.3 Å². The van der Waals surface area contributed by atoms with Crippen LogP contribution in [0.1, 0.15) is 5.56 Å². The van der Waals surface area contributed by atoms with Gasteiger partial charge in [-0.15, -0.1) is 0 Å². The highest BCUT2D eigenvalue weighted by molar-refractivity contribution is 5.27. The maximum atomic E-state index is 5.15. The molecule has 0 amide bonds. The second-order valence-electron chi connectivity index (χ2n) is 4.88. The van der Waals surface area contributed by atoms with E-state index < -0.39 is 0 Å². The molecule has 0 radical (unpaired) electrons. The molecule has 2 rings (SSSR count). The van der Waals surface area contributed by atoms with Crippen LogP contribution in [-0.4, -0.2) is 45.2 Å². The van der Waals surface area contributed by atoms with Gasteiger partial charge in [0.2, 0.25) is 0 Å². The average Bonchev–Trinajstić information content (AvgIpc) is 2.32. The predicted molar refractivity (Wildman–Crippen MR) is 70.6 cm³/mol. The first kappa shape index (κ1) is 12.4. The van der Waals surface area contributed by atoms with Crippen LogP contribution in [0.3, 0.4) is 0 Å². The van der Waals surface area contributed by atoms with Crippen molar-refractivity contribution >= 4 is 0 Å². The molecule has 0 aromatic heterocycles. The zero-order valence-corrected chi connectivity index (χ0v) is 10.8. The maximum Gasteiger partial charge on any atom is 0.118 e. The third-order valence-corrected chi connectivity index (χ3v) is 3.38. The van der Waals surface area contributed by atoms with Crippen LogP contribution in [-0.2, 0) is 6.42 Å². The molecule has 94 valence electrons. The number of methoxy groups -OCH3 is 1. The monoisotopic (exact) mass is 234 g/mol. The third kappa shape index (κ3) is 3.72. The van der Waals surface area contributed by atoms with E-state index in [1.807, 2.05) is 12.1 Å². The molecule has 0 aliphatic carbocycles. The normalized spacial score (nSPS) is 15.9. The first-order chi connectivity index (χ1) is 8.28. The largest absolute Gasteiger partial charge is 0.497 e. The van der Waals surface area contributed by atoms with Gasteiger partial charge in [0.1, 0.15) is 5.75 Å². The van der Waals surface area contributed by atoms with Crippen molar-refractivity contribution in [1.29, 1.82) is 0 Å². The molecular weight excluding hydrogens is 212 g/mol. The SMILES string of the molecule is COc1ccc(CCN(C)CC2CNC2)cc1. The Labute approximate surface area is 104 Å². The molecule has 3 heteroatoms. The number of hydrogen-bond acceptors (Lipinski definition) is 3. The molecule has 0 unspecified atom stereocenters. The fourth-order valence-electron chi connectivity index (χ4n) is 2.12. The number of benzene rings is 1. The summed E-state index contributed by atoms with van der Waals surface area (Å²) in [6, 6.07) is 8.37. The summed E-state index contributed by atoms with van der Waals surface area (Å²) in [5.74, 6) is 1.79. The highest BCUT2D eigenvalue weighted by atomic mass is 16.5. The summed E-state index contributed by atoms with van der Waals surface area (Å²) in [7, 11) is 3.91. The van der Waals surface area contributed by atoms with Gasteiger partial charge in [0.15, 0.2) is 0 Å². The van der Waals surface area contributed by atoms with Crippen LogP contribution >= 0.6 is 0 Å². The summed E-state index contributed by atoms with van der Waals surface area (Å²) < 4.78 is 5.15. The van der Waals surface area contributed by atoms with E-state index in [0.29, 0.717) is 0 Å². The number of hydrogen-bond donors (Lipinski definition) is 1. The molecule has 1 heterocycles. The Morgan fingerprint density at radius 1 is 1.29 bits per heavy atom. The Bertz CT molecular complexity index is 333. The molecule has 0 spiro atoms. The molecule has 0 saturated carbocycles. The van der Waals surface area contributed by atoms with Crippen molar-refractivity contribution in [3.63, 3.8) is 0 Å². The predicted octanol–water partition coefficient (Wildman–Crippen LogP) is 1.39. The molecule has 1 saturated heterocycles. The lowest BCUT2D eigenvalue weighted by atomic mass is 10.0. The van der Waals surface area contributed by atoms with E-state index in [1.165, 1.54) is 25.2 Å². The highest BCUT2D eigenvalue weighted by Gasteiger charge is 2.17. The van der Waals surface area contributed by atoms with Crippen molar-refractivity contribution < 1.29 is 4.74 Å². The Morgan fingerprint density at radius 2 is 2.00 bits per heavy atom. The molecule has 1 fully saturated rings. The second-order valence-corrected chi connectivity index (χ2v) is 4.88. The fourth-order valence-corrected chi connectivity index (χ4v) is 2.12. The lowest BCUT2D eigenvalue weighted by Crippen LogP contribution is -2.47. The first-order valence-electron chi connectivity index (χ1n) is 6.30. The third-order valence-electron chi connectivity index (χ3n) is 3.38. The van der Waals surface area contributed by atoms with Gasteiger partial charge in [0.05, 0.1) is 7.11 Å². The summed E-state index contributed by atoms with van der Waals surface area (Å²) in [5.41, 5.74) is 1.38. The molecule has 17 heavy (non-hydrogen) atoms. The van der Waals surface area contributed by atoms with Crippen LogP contribution in [0.4, 0.5) is 0 Å². The van der Waals surface area contributed by atoms with Crippen molar-refractivity contribution in [3.05, 3.63) is 29.8 Å². The number of likely N-dealkylation sites (N-methyl/N-ethyl adjacent to an activating group) is 1. The maximum absolute atomic E-state index is 5.15. The Morgan fingerprint density at radius 3 is 2.53 bits per heavy atom. The van der Waals surface area contributed by atoms with Crippen LogP contribution in [0.25, 0.3) is 0 Å². The van der Waals surface area contributed by atoms with E-state index in [2.05, 4.69) is 29.4 Å². The van der Waals surface area contributed by atoms with Gasteiger partial charge in [-0.2, -0.15) is 0 Å². The smallest absolute Gasteiger partial charge is 0.118 e. The van der Waals surface area contributed by atoms with E-state index >= 15 is 0 Å². The Kier molecular flexibility index (Phi) is 4.40. The first-order valence-corrected chi connectivity index (χ1v) is 6.30. The van der Waals surface area contributed by atoms with Crippen molar-refractivity contribution in [2.45, 2.75) is 6.42 Å². The van der Waals surface area contributed by atoms with Gasteiger partial charge in [0, 0.05) is 26.2 Å². The number of nitrogens with one attached hydrogen (secondary N) is 1. The molecular formula is C14H22N2O. The average molecular weight is 234 g/mol. The van der Waals surface area contributed by atoms with Crippen molar-refractivity contribution in [1.82, 2.24) is 10.2 Å².